The highest BCUT2D eigenvalue weighted by Crippen LogP contribution is 2.24. The van der Waals surface area contributed by atoms with E-state index >= 15 is 0 Å². The minimum atomic E-state index is -3.31. The minimum absolute atomic E-state index is 0.0300. The fourth-order valence-electron chi connectivity index (χ4n) is 2.06. The summed E-state index contributed by atoms with van der Waals surface area (Å²) in [4.78, 5) is 0.320. The summed E-state index contributed by atoms with van der Waals surface area (Å²) in [6.45, 7) is 0. The van der Waals surface area contributed by atoms with Crippen LogP contribution >= 0.6 is 27.7 Å². The molecular formula is C15H14BrN3O3S2. The van der Waals surface area contributed by atoms with Crippen molar-refractivity contribution in [2.45, 2.75) is 10.1 Å². The van der Waals surface area contributed by atoms with Crippen LogP contribution in [0.2, 0.25) is 0 Å². The van der Waals surface area contributed by atoms with E-state index in [1.807, 2.05) is 7.05 Å². The monoisotopic (exact) mass is 427 g/mol. The Labute approximate surface area is 152 Å². The zero-order valence-corrected chi connectivity index (χ0v) is 15.9. The molecule has 6 nitrogen and oxygen atoms in total. The Morgan fingerprint density at radius 2 is 1.96 bits per heavy atom. The summed E-state index contributed by atoms with van der Waals surface area (Å²) in [5, 5.41) is 8.82. The second kappa shape index (κ2) is 7.12. The number of aromatic nitrogens is 3. The molecule has 0 N–H and O–H groups in total. The van der Waals surface area contributed by atoms with Crippen LogP contribution in [0.15, 0.2) is 61.6 Å². The van der Waals surface area contributed by atoms with Crippen LogP contribution in [0.3, 0.4) is 0 Å². The summed E-state index contributed by atoms with van der Waals surface area (Å²) < 4.78 is 32.6. The molecule has 3 aromatic rings. The molecule has 0 amide bonds. The van der Waals surface area contributed by atoms with E-state index in [0.717, 1.165) is 4.47 Å². The molecule has 0 unspecified atom stereocenters. The number of rotatable bonds is 6. The first-order valence-corrected chi connectivity index (χ1v) is 10.4. The van der Waals surface area contributed by atoms with Gasteiger partial charge in [0.25, 0.3) is 0 Å². The van der Waals surface area contributed by atoms with Crippen LogP contribution in [-0.4, -0.2) is 34.7 Å². The lowest BCUT2D eigenvalue weighted by Crippen LogP contribution is -2.09. The second-order valence-electron chi connectivity index (χ2n) is 4.96. The number of benzene rings is 1. The van der Waals surface area contributed by atoms with Crippen molar-refractivity contribution in [1.82, 2.24) is 14.8 Å². The van der Waals surface area contributed by atoms with Crippen molar-refractivity contribution in [1.29, 1.82) is 0 Å². The molecule has 0 bridgehead atoms. The van der Waals surface area contributed by atoms with E-state index in [1.54, 1.807) is 47.2 Å². The van der Waals surface area contributed by atoms with E-state index in [0.29, 0.717) is 27.4 Å². The largest absolute Gasteiger partial charge is 0.461 e. The summed E-state index contributed by atoms with van der Waals surface area (Å²) in [6, 6.07) is 10.2. The van der Waals surface area contributed by atoms with E-state index in [-0.39, 0.29) is 5.75 Å². The Morgan fingerprint density at radius 1 is 1.21 bits per heavy atom. The first kappa shape index (κ1) is 17.2. The van der Waals surface area contributed by atoms with Gasteiger partial charge in [0, 0.05) is 17.3 Å². The Balaban J connectivity index is 1.65. The van der Waals surface area contributed by atoms with Gasteiger partial charge in [0.2, 0.25) is 0 Å². The van der Waals surface area contributed by atoms with Crippen molar-refractivity contribution >= 4 is 37.5 Å². The van der Waals surface area contributed by atoms with Gasteiger partial charge < -0.3 is 8.98 Å². The van der Waals surface area contributed by atoms with Gasteiger partial charge in [-0.2, -0.15) is 0 Å². The first-order valence-electron chi connectivity index (χ1n) is 7.02. The lowest BCUT2D eigenvalue weighted by Gasteiger charge is -2.05. The topological polar surface area (TPSA) is 78.0 Å². The molecular weight excluding hydrogens is 414 g/mol. The van der Waals surface area contributed by atoms with Gasteiger partial charge in [-0.15, -0.1) is 10.2 Å². The van der Waals surface area contributed by atoms with Crippen LogP contribution in [0.4, 0.5) is 0 Å². The van der Waals surface area contributed by atoms with E-state index in [2.05, 4.69) is 26.1 Å². The first-order chi connectivity index (χ1) is 11.5. The molecule has 0 fully saturated rings. The fourth-order valence-corrected chi connectivity index (χ4v) is 4.89. The summed E-state index contributed by atoms with van der Waals surface area (Å²) in [7, 11) is -1.49. The third-order valence-corrected chi connectivity index (χ3v) is 6.87. The van der Waals surface area contributed by atoms with Crippen LogP contribution in [0.5, 0.6) is 0 Å². The molecule has 9 heteroatoms. The van der Waals surface area contributed by atoms with Crippen molar-refractivity contribution in [2.24, 2.45) is 7.05 Å². The van der Waals surface area contributed by atoms with Crippen molar-refractivity contribution in [2.75, 3.05) is 11.5 Å². The van der Waals surface area contributed by atoms with E-state index in [9.17, 15) is 8.42 Å². The van der Waals surface area contributed by atoms with Crippen molar-refractivity contribution in [3.05, 3.63) is 47.1 Å². The molecule has 2 aromatic heterocycles. The SMILES string of the molecule is Cn1c(SCCS(=O)(=O)c2ccc(Br)cc2)nnc1-c1ccco1. The van der Waals surface area contributed by atoms with Crippen molar-refractivity contribution < 1.29 is 12.8 Å². The quantitative estimate of drug-likeness (QED) is 0.560. The molecule has 24 heavy (non-hydrogen) atoms. The van der Waals surface area contributed by atoms with Crippen LogP contribution < -0.4 is 0 Å². The van der Waals surface area contributed by atoms with Gasteiger partial charge >= 0.3 is 0 Å². The molecule has 0 aliphatic heterocycles. The highest BCUT2D eigenvalue weighted by Gasteiger charge is 2.17. The zero-order valence-electron chi connectivity index (χ0n) is 12.7. The predicted molar refractivity (Wildman–Crippen MR) is 95.6 cm³/mol. The van der Waals surface area contributed by atoms with Gasteiger partial charge in [-0.3, -0.25) is 0 Å². The normalized spacial score (nSPS) is 11.8. The molecule has 0 radical (unpaired) electrons. The molecule has 0 atom stereocenters. The smallest absolute Gasteiger partial charge is 0.200 e. The number of hydrogen-bond acceptors (Lipinski definition) is 6. The molecule has 1 aromatic carbocycles. The number of furan rings is 1. The molecule has 2 heterocycles. The molecule has 0 aliphatic rings. The van der Waals surface area contributed by atoms with Gasteiger partial charge in [0.05, 0.1) is 16.9 Å². The van der Waals surface area contributed by atoms with Crippen LogP contribution in [0.25, 0.3) is 11.6 Å². The average molecular weight is 428 g/mol. The maximum absolute atomic E-state index is 12.3. The lowest BCUT2D eigenvalue weighted by atomic mass is 10.4. The van der Waals surface area contributed by atoms with Crippen LogP contribution in [0, 0.1) is 0 Å². The Hall–Kier alpha value is -1.58. The summed E-state index contributed by atoms with van der Waals surface area (Å²) in [6.07, 6.45) is 1.57. The zero-order chi connectivity index (χ0) is 17.2. The second-order valence-corrected chi connectivity index (χ2v) is 9.05. The summed E-state index contributed by atoms with van der Waals surface area (Å²) >= 11 is 4.65. The number of hydrogen-bond donors (Lipinski definition) is 0. The third-order valence-electron chi connectivity index (χ3n) is 3.33. The summed E-state index contributed by atoms with van der Waals surface area (Å²) in [5.41, 5.74) is 0. The lowest BCUT2D eigenvalue weighted by molar-refractivity contribution is 0.572. The highest BCUT2D eigenvalue weighted by atomic mass is 79.9. The maximum Gasteiger partial charge on any atom is 0.200 e. The van der Waals surface area contributed by atoms with Crippen molar-refractivity contribution in [3.8, 4) is 11.6 Å². The van der Waals surface area contributed by atoms with E-state index < -0.39 is 9.84 Å². The van der Waals surface area contributed by atoms with Crippen LogP contribution in [0.1, 0.15) is 0 Å². The average Bonchev–Trinajstić information content (AvgIpc) is 3.18. The minimum Gasteiger partial charge on any atom is -0.461 e. The molecule has 3 rings (SSSR count). The number of nitrogens with zero attached hydrogens (tertiary/aromatic N) is 3. The van der Waals surface area contributed by atoms with Gasteiger partial charge in [-0.05, 0) is 36.4 Å². The number of thioether (sulfide) groups is 1. The molecule has 0 spiro atoms. The summed E-state index contributed by atoms with van der Waals surface area (Å²) in [5.74, 6) is 1.66. The van der Waals surface area contributed by atoms with Gasteiger partial charge in [-0.1, -0.05) is 27.7 Å². The van der Waals surface area contributed by atoms with Gasteiger partial charge in [0.1, 0.15) is 0 Å². The fraction of sp³-hybridized carbons (Fsp3) is 0.200. The van der Waals surface area contributed by atoms with Crippen LogP contribution in [-0.2, 0) is 16.9 Å². The third kappa shape index (κ3) is 3.73. The predicted octanol–water partition coefficient (Wildman–Crippen LogP) is 3.40. The van der Waals surface area contributed by atoms with E-state index in [1.165, 1.54) is 11.8 Å². The standard InChI is InChI=1S/C15H14BrN3O3S2/c1-19-14(13-3-2-8-22-13)17-18-15(19)23-9-10-24(20,21)12-6-4-11(16)5-7-12/h2-8H,9-10H2,1H3. The van der Waals surface area contributed by atoms with Gasteiger partial charge in [-0.25, -0.2) is 8.42 Å². The van der Waals surface area contributed by atoms with Gasteiger partial charge in [0.15, 0.2) is 26.6 Å². The molecule has 0 aliphatic carbocycles. The number of sulfone groups is 1. The van der Waals surface area contributed by atoms with Crippen molar-refractivity contribution in [3.63, 3.8) is 0 Å². The maximum atomic E-state index is 12.3. The highest BCUT2D eigenvalue weighted by molar-refractivity contribution is 9.10. The number of halogens is 1. The molecule has 0 saturated carbocycles. The molecule has 126 valence electrons. The van der Waals surface area contributed by atoms with E-state index in [4.69, 9.17) is 4.42 Å². The Kier molecular flexibility index (Phi) is 5.12. The Morgan fingerprint density at radius 3 is 2.62 bits per heavy atom. The molecule has 0 saturated heterocycles. The Bertz CT molecular complexity index is 920.